The maximum atomic E-state index is 11.9. The Kier molecular flexibility index (Phi) is 3.57. The average molecular weight is 269 g/mol. The van der Waals surface area contributed by atoms with Crippen LogP contribution in [0.15, 0.2) is 0 Å². The lowest BCUT2D eigenvalue weighted by Gasteiger charge is -2.42. The van der Waals surface area contributed by atoms with E-state index in [2.05, 4.69) is 5.32 Å². The van der Waals surface area contributed by atoms with Crippen molar-refractivity contribution in [1.29, 1.82) is 0 Å². The molecule has 0 saturated carbocycles. The third kappa shape index (κ3) is 1.63. The van der Waals surface area contributed by atoms with Crippen LogP contribution in [0.2, 0.25) is 0 Å². The molecule has 7 heteroatoms. The van der Waals surface area contributed by atoms with E-state index in [1.165, 1.54) is 4.90 Å². The van der Waals surface area contributed by atoms with E-state index in [9.17, 15) is 13.2 Å². The van der Waals surface area contributed by atoms with Gasteiger partial charge in [0, 0.05) is 27.2 Å². The largest absolute Gasteiger partial charge is 0.349 e. The summed E-state index contributed by atoms with van der Waals surface area (Å²) in [5.74, 6) is -0.254. The van der Waals surface area contributed by atoms with E-state index in [0.717, 1.165) is 0 Å². The van der Waals surface area contributed by atoms with Crippen LogP contribution in [0.25, 0.3) is 0 Å². The molecule has 1 N–H and O–H groups in total. The summed E-state index contributed by atoms with van der Waals surface area (Å²) in [7, 11) is 0.260. The first-order chi connectivity index (χ1) is 6.91. The third-order valence-electron chi connectivity index (χ3n) is 3.52. The van der Waals surface area contributed by atoms with Gasteiger partial charge in [-0.1, -0.05) is 0 Å². The van der Waals surface area contributed by atoms with Crippen molar-refractivity contribution in [2.45, 2.75) is 11.2 Å². The Morgan fingerprint density at radius 3 is 2.31 bits per heavy atom. The van der Waals surface area contributed by atoms with Crippen molar-refractivity contribution in [2.24, 2.45) is 5.92 Å². The van der Waals surface area contributed by atoms with Crippen LogP contribution in [0.3, 0.4) is 0 Å². The first-order valence-corrected chi connectivity index (χ1v) is 6.70. The smallest absolute Gasteiger partial charge is 0.226 e. The highest BCUT2D eigenvalue weighted by Crippen LogP contribution is 2.41. The van der Waals surface area contributed by atoms with Crippen molar-refractivity contribution < 1.29 is 13.2 Å². The van der Waals surface area contributed by atoms with Crippen molar-refractivity contribution in [2.75, 3.05) is 32.9 Å². The number of halogens is 1. The molecule has 0 aromatic carbocycles. The summed E-state index contributed by atoms with van der Waals surface area (Å²) in [6.07, 6.45) is 0.473. The maximum Gasteiger partial charge on any atom is 0.226 e. The highest BCUT2D eigenvalue weighted by atomic mass is 35.5. The van der Waals surface area contributed by atoms with E-state index < -0.39 is 14.6 Å². The zero-order valence-electron chi connectivity index (χ0n) is 9.39. The minimum Gasteiger partial charge on any atom is -0.349 e. The van der Waals surface area contributed by atoms with Crippen LogP contribution < -0.4 is 5.32 Å². The molecule has 0 aromatic rings. The topological polar surface area (TPSA) is 66.5 Å². The summed E-state index contributed by atoms with van der Waals surface area (Å²) >= 11 is 0. The monoisotopic (exact) mass is 268 g/mol. The van der Waals surface area contributed by atoms with Crippen molar-refractivity contribution in [3.63, 3.8) is 0 Å². The van der Waals surface area contributed by atoms with Gasteiger partial charge in [-0.25, -0.2) is 8.42 Å². The number of nitrogens with one attached hydrogen (secondary N) is 1. The number of carbonyl (C=O) groups excluding carboxylic acids is 1. The van der Waals surface area contributed by atoms with Gasteiger partial charge in [0.05, 0.1) is 11.7 Å². The van der Waals surface area contributed by atoms with Gasteiger partial charge in [0.25, 0.3) is 0 Å². The normalized spacial score (nSPS) is 29.2. The van der Waals surface area contributed by atoms with Gasteiger partial charge < -0.3 is 10.2 Å². The summed E-state index contributed by atoms with van der Waals surface area (Å²) in [4.78, 5) is 13.4. The molecule has 5 nitrogen and oxygen atoms in total. The van der Waals surface area contributed by atoms with Crippen LogP contribution in [-0.2, 0) is 14.6 Å². The third-order valence-corrected chi connectivity index (χ3v) is 6.10. The lowest BCUT2D eigenvalue weighted by atomic mass is 9.84. The molecule has 2 aliphatic rings. The fourth-order valence-electron chi connectivity index (χ4n) is 2.45. The fourth-order valence-corrected chi connectivity index (χ4v) is 4.70. The lowest BCUT2D eigenvalue weighted by Crippen LogP contribution is -2.67. The Labute approximate surface area is 102 Å². The summed E-state index contributed by atoms with van der Waals surface area (Å²) in [5, 5.41) is 2.97. The SMILES string of the molecule is CN(C)C(=O)C1CCS(=O)(=O)C12CNC2.Cl. The molecule has 1 spiro atoms. The van der Waals surface area contributed by atoms with Crippen molar-refractivity contribution in [1.82, 2.24) is 10.2 Å². The Balaban J connectivity index is 0.00000128. The van der Waals surface area contributed by atoms with Crippen LogP contribution in [0.5, 0.6) is 0 Å². The van der Waals surface area contributed by atoms with E-state index in [-0.39, 0.29) is 30.0 Å². The van der Waals surface area contributed by atoms with E-state index in [1.54, 1.807) is 14.1 Å². The minimum absolute atomic E-state index is 0. The van der Waals surface area contributed by atoms with Gasteiger partial charge in [-0.05, 0) is 6.42 Å². The van der Waals surface area contributed by atoms with Gasteiger partial charge >= 0.3 is 0 Å². The average Bonchev–Trinajstić information content (AvgIpc) is 2.34. The molecule has 1 unspecified atom stereocenters. The zero-order chi connectivity index (χ0) is 11.3. The zero-order valence-corrected chi connectivity index (χ0v) is 11.0. The Bertz CT molecular complexity index is 390. The number of hydrogen-bond acceptors (Lipinski definition) is 4. The molecule has 2 aliphatic heterocycles. The second-order valence-electron chi connectivity index (χ2n) is 4.56. The van der Waals surface area contributed by atoms with Gasteiger partial charge in [0.1, 0.15) is 4.75 Å². The highest BCUT2D eigenvalue weighted by molar-refractivity contribution is 7.93. The Morgan fingerprint density at radius 1 is 1.38 bits per heavy atom. The second-order valence-corrected chi connectivity index (χ2v) is 7.01. The lowest BCUT2D eigenvalue weighted by molar-refractivity contribution is -0.134. The first-order valence-electron chi connectivity index (χ1n) is 5.05. The van der Waals surface area contributed by atoms with Gasteiger partial charge in [-0.3, -0.25) is 4.79 Å². The molecule has 1 atom stereocenters. The van der Waals surface area contributed by atoms with Crippen molar-refractivity contribution in [3.05, 3.63) is 0 Å². The molecule has 2 fully saturated rings. The van der Waals surface area contributed by atoms with Crippen LogP contribution >= 0.6 is 12.4 Å². The summed E-state index contributed by atoms with van der Waals surface area (Å²) in [6.45, 7) is 0.860. The number of amides is 1. The molecule has 16 heavy (non-hydrogen) atoms. The molecule has 2 saturated heterocycles. The molecular weight excluding hydrogens is 252 g/mol. The van der Waals surface area contributed by atoms with Gasteiger partial charge in [-0.2, -0.15) is 0 Å². The van der Waals surface area contributed by atoms with Crippen molar-refractivity contribution in [3.8, 4) is 0 Å². The molecule has 94 valence electrons. The Morgan fingerprint density at radius 2 is 1.94 bits per heavy atom. The predicted molar refractivity (Wildman–Crippen MR) is 63.4 cm³/mol. The second kappa shape index (κ2) is 4.16. The van der Waals surface area contributed by atoms with Crippen molar-refractivity contribution >= 4 is 28.2 Å². The van der Waals surface area contributed by atoms with Crippen LogP contribution in [0, 0.1) is 5.92 Å². The van der Waals surface area contributed by atoms with Gasteiger partial charge in [0.2, 0.25) is 5.91 Å². The van der Waals surface area contributed by atoms with E-state index in [4.69, 9.17) is 0 Å². The quantitative estimate of drug-likeness (QED) is 0.681. The number of sulfone groups is 1. The van der Waals surface area contributed by atoms with E-state index in [0.29, 0.717) is 19.5 Å². The fraction of sp³-hybridized carbons (Fsp3) is 0.889. The molecule has 1 amide bonds. The number of carbonyl (C=O) groups is 1. The van der Waals surface area contributed by atoms with Crippen LogP contribution in [0.4, 0.5) is 0 Å². The van der Waals surface area contributed by atoms with Gasteiger partial charge in [-0.15, -0.1) is 12.4 Å². The molecule has 0 bridgehead atoms. The number of nitrogens with zero attached hydrogens (tertiary/aromatic N) is 1. The molecule has 0 radical (unpaired) electrons. The highest BCUT2D eigenvalue weighted by Gasteiger charge is 2.61. The summed E-state index contributed by atoms with van der Waals surface area (Å²) < 4.78 is 23.0. The Hall–Kier alpha value is -0.330. The van der Waals surface area contributed by atoms with Crippen LogP contribution in [0.1, 0.15) is 6.42 Å². The standard InChI is InChI=1S/C9H16N2O3S.ClH/c1-11(2)8(12)7-3-4-15(13,14)9(7)5-10-6-9;/h7,10H,3-6H2,1-2H3;1H. The number of rotatable bonds is 1. The van der Waals surface area contributed by atoms with Gasteiger partial charge in [0.15, 0.2) is 9.84 Å². The molecule has 2 heterocycles. The molecule has 0 aromatic heterocycles. The maximum absolute atomic E-state index is 11.9. The van der Waals surface area contributed by atoms with Crippen LogP contribution in [-0.4, -0.2) is 56.9 Å². The molecule has 2 rings (SSSR count). The molecule has 0 aliphatic carbocycles. The summed E-state index contributed by atoms with van der Waals surface area (Å²) in [5.41, 5.74) is 0. The number of hydrogen-bond donors (Lipinski definition) is 1. The molecular formula is C9H17ClN2O3S. The van der Waals surface area contributed by atoms with E-state index >= 15 is 0 Å². The van der Waals surface area contributed by atoms with E-state index in [1.807, 2.05) is 0 Å². The summed E-state index contributed by atoms with van der Waals surface area (Å²) in [6, 6.07) is 0. The predicted octanol–water partition coefficient (Wildman–Crippen LogP) is -0.727. The minimum atomic E-state index is -3.09. The first kappa shape index (κ1) is 13.7.